The molecule has 0 aliphatic heterocycles. The van der Waals surface area contributed by atoms with E-state index in [4.69, 9.17) is 0 Å². The van der Waals surface area contributed by atoms with Gasteiger partial charge in [0.1, 0.15) is 11.3 Å². The maximum Gasteiger partial charge on any atom is 0.326 e. The van der Waals surface area contributed by atoms with Crippen LogP contribution in [0, 0.1) is 5.82 Å². The van der Waals surface area contributed by atoms with Crippen LogP contribution in [0.4, 0.5) is 4.39 Å². The minimum Gasteiger partial charge on any atom is -0.303 e. The van der Waals surface area contributed by atoms with Crippen LogP contribution in [0.1, 0.15) is 6.92 Å². The molecule has 0 saturated carbocycles. The summed E-state index contributed by atoms with van der Waals surface area (Å²) in [6.07, 6.45) is 0. The first kappa shape index (κ1) is 8.04. The standard InChI is InChI=1S/C9H9FN2O/c1-2-12-7-5-3-4-6(10)8(7)11-9(12)13/h3-5H,2H2,1H3,(H,11,13). The van der Waals surface area contributed by atoms with Gasteiger partial charge in [0.25, 0.3) is 0 Å². The Balaban J connectivity index is 2.94. The number of hydrogen-bond acceptors (Lipinski definition) is 1. The Morgan fingerprint density at radius 3 is 3.00 bits per heavy atom. The molecule has 3 nitrogen and oxygen atoms in total. The second kappa shape index (κ2) is 2.73. The van der Waals surface area contributed by atoms with E-state index in [9.17, 15) is 9.18 Å². The number of benzene rings is 1. The number of imidazole rings is 1. The van der Waals surface area contributed by atoms with E-state index < -0.39 is 0 Å². The number of halogens is 1. The molecule has 0 atom stereocenters. The van der Waals surface area contributed by atoms with Gasteiger partial charge in [0.2, 0.25) is 0 Å². The molecular weight excluding hydrogens is 171 g/mol. The second-order valence-corrected chi connectivity index (χ2v) is 2.81. The highest BCUT2D eigenvalue weighted by molar-refractivity contribution is 5.75. The van der Waals surface area contributed by atoms with Crippen molar-refractivity contribution in [3.63, 3.8) is 0 Å². The second-order valence-electron chi connectivity index (χ2n) is 2.81. The highest BCUT2D eigenvalue weighted by Crippen LogP contribution is 2.13. The van der Waals surface area contributed by atoms with Gasteiger partial charge >= 0.3 is 5.69 Å². The van der Waals surface area contributed by atoms with Crippen molar-refractivity contribution in [2.45, 2.75) is 13.5 Å². The lowest BCUT2D eigenvalue weighted by molar-refractivity contribution is 0.637. The summed E-state index contributed by atoms with van der Waals surface area (Å²) in [5.74, 6) is -0.387. The molecule has 0 aliphatic rings. The number of fused-ring (bicyclic) bond motifs is 1. The maximum atomic E-state index is 13.1. The first-order chi connectivity index (χ1) is 6.24. The van der Waals surface area contributed by atoms with E-state index >= 15 is 0 Å². The monoisotopic (exact) mass is 180 g/mol. The van der Waals surface area contributed by atoms with Crippen LogP contribution in [-0.2, 0) is 6.54 Å². The third-order valence-electron chi connectivity index (χ3n) is 2.08. The zero-order valence-electron chi connectivity index (χ0n) is 7.17. The van der Waals surface area contributed by atoms with E-state index in [-0.39, 0.29) is 17.0 Å². The van der Waals surface area contributed by atoms with Crippen LogP contribution in [0.3, 0.4) is 0 Å². The van der Waals surface area contributed by atoms with Gasteiger partial charge in [-0.1, -0.05) is 6.07 Å². The minimum absolute atomic E-state index is 0.261. The lowest BCUT2D eigenvalue weighted by Gasteiger charge is -1.96. The molecule has 1 aromatic carbocycles. The van der Waals surface area contributed by atoms with E-state index in [2.05, 4.69) is 4.98 Å². The predicted octanol–water partition coefficient (Wildman–Crippen LogP) is 1.49. The molecule has 0 bridgehead atoms. The van der Waals surface area contributed by atoms with Crippen molar-refractivity contribution in [1.82, 2.24) is 9.55 Å². The Labute approximate surface area is 73.8 Å². The summed E-state index contributed by atoms with van der Waals surface area (Å²) in [6.45, 7) is 2.39. The first-order valence-electron chi connectivity index (χ1n) is 4.11. The third-order valence-corrected chi connectivity index (χ3v) is 2.08. The average Bonchev–Trinajstić information content (AvgIpc) is 2.43. The highest BCUT2D eigenvalue weighted by atomic mass is 19.1. The maximum absolute atomic E-state index is 13.1. The van der Waals surface area contributed by atoms with Gasteiger partial charge in [0.05, 0.1) is 5.52 Å². The predicted molar refractivity (Wildman–Crippen MR) is 48.2 cm³/mol. The van der Waals surface area contributed by atoms with Crippen molar-refractivity contribution >= 4 is 11.0 Å². The van der Waals surface area contributed by atoms with Crippen molar-refractivity contribution in [2.75, 3.05) is 0 Å². The van der Waals surface area contributed by atoms with Gasteiger partial charge in [-0.3, -0.25) is 4.57 Å². The molecule has 2 rings (SSSR count). The first-order valence-corrected chi connectivity index (χ1v) is 4.11. The molecule has 0 fully saturated rings. The Morgan fingerprint density at radius 2 is 2.31 bits per heavy atom. The number of nitrogens with zero attached hydrogens (tertiary/aromatic N) is 1. The molecule has 68 valence electrons. The van der Waals surface area contributed by atoms with Gasteiger partial charge < -0.3 is 4.98 Å². The summed E-state index contributed by atoms with van der Waals surface area (Å²) < 4.78 is 14.6. The lowest BCUT2D eigenvalue weighted by Crippen LogP contribution is -2.14. The SMILES string of the molecule is CCn1c(=O)[nH]c2c(F)cccc21. The van der Waals surface area contributed by atoms with Crippen LogP contribution in [0.25, 0.3) is 11.0 Å². The zero-order valence-corrected chi connectivity index (χ0v) is 7.17. The van der Waals surface area contributed by atoms with Crippen LogP contribution >= 0.6 is 0 Å². The van der Waals surface area contributed by atoms with Crippen LogP contribution < -0.4 is 5.69 Å². The topological polar surface area (TPSA) is 37.8 Å². The number of aromatic amines is 1. The smallest absolute Gasteiger partial charge is 0.303 e. The van der Waals surface area contributed by atoms with Gasteiger partial charge in [0, 0.05) is 6.54 Å². The Morgan fingerprint density at radius 1 is 1.54 bits per heavy atom. The molecule has 0 unspecified atom stereocenters. The summed E-state index contributed by atoms with van der Waals surface area (Å²) in [5, 5.41) is 0. The minimum atomic E-state index is -0.387. The number of para-hydroxylation sites is 1. The molecule has 4 heteroatoms. The summed E-state index contributed by atoms with van der Waals surface area (Å²) in [4.78, 5) is 13.7. The van der Waals surface area contributed by atoms with Crippen LogP contribution in [0.15, 0.2) is 23.0 Å². The van der Waals surface area contributed by atoms with Gasteiger partial charge in [-0.25, -0.2) is 9.18 Å². The Kier molecular flexibility index (Phi) is 1.69. The fourth-order valence-corrected chi connectivity index (χ4v) is 1.46. The summed E-state index contributed by atoms with van der Waals surface area (Å²) >= 11 is 0. The van der Waals surface area contributed by atoms with E-state index in [0.29, 0.717) is 12.1 Å². The largest absolute Gasteiger partial charge is 0.326 e. The molecule has 0 amide bonds. The van der Waals surface area contributed by atoms with Gasteiger partial charge in [-0.15, -0.1) is 0 Å². The molecule has 13 heavy (non-hydrogen) atoms. The molecule has 0 radical (unpaired) electrons. The highest BCUT2D eigenvalue weighted by Gasteiger charge is 2.07. The van der Waals surface area contributed by atoms with E-state index in [1.165, 1.54) is 10.6 Å². The molecule has 1 aromatic heterocycles. The quantitative estimate of drug-likeness (QED) is 0.709. The van der Waals surface area contributed by atoms with Crippen molar-refractivity contribution in [2.24, 2.45) is 0 Å². The van der Waals surface area contributed by atoms with Gasteiger partial charge in [-0.05, 0) is 19.1 Å². The van der Waals surface area contributed by atoms with Crippen LogP contribution in [0.5, 0.6) is 0 Å². The number of rotatable bonds is 1. The molecule has 1 N–H and O–H groups in total. The number of aromatic nitrogens is 2. The molecule has 0 aliphatic carbocycles. The van der Waals surface area contributed by atoms with Crippen molar-refractivity contribution in [3.8, 4) is 0 Å². The molecule has 1 heterocycles. The Bertz CT molecular complexity index is 498. The fraction of sp³-hybridized carbons (Fsp3) is 0.222. The van der Waals surface area contributed by atoms with E-state index in [1.807, 2.05) is 6.92 Å². The average molecular weight is 180 g/mol. The summed E-state index contributed by atoms with van der Waals surface area (Å²) in [7, 11) is 0. The Hall–Kier alpha value is -1.58. The van der Waals surface area contributed by atoms with Gasteiger partial charge in [0.15, 0.2) is 0 Å². The summed E-state index contributed by atoms with van der Waals surface area (Å²) in [5.41, 5.74) is 0.643. The zero-order chi connectivity index (χ0) is 9.42. The summed E-state index contributed by atoms with van der Waals surface area (Å²) in [6, 6.07) is 4.65. The van der Waals surface area contributed by atoms with Crippen molar-refractivity contribution in [1.29, 1.82) is 0 Å². The lowest BCUT2D eigenvalue weighted by atomic mass is 10.3. The van der Waals surface area contributed by atoms with Crippen molar-refractivity contribution in [3.05, 3.63) is 34.5 Å². The fourth-order valence-electron chi connectivity index (χ4n) is 1.46. The number of aryl methyl sites for hydroxylation is 1. The number of H-pyrrole nitrogens is 1. The van der Waals surface area contributed by atoms with Crippen LogP contribution in [-0.4, -0.2) is 9.55 Å². The van der Waals surface area contributed by atoms with Gasteiger partial charge in [-0.2, -0.15) is 0 Å². The normalized spacial score (nSPS) is 10.9. The number of nitrogens with one attached hydrogen (secondary N) is 1. The third kappa shape index (κ3) is 1.06. The molecule has 0 saturated heterocycles. The molecule has 0 spiro atoms. The van der Waals surface area contributed by atoms with E-state index in [0.717, 1.165) is 0 Å². The number of hydrogen-bond donors (Lipinski definition) is 1. The molecule has 2 aromatic rings. The van der Waals surface area contributed by atoms with Crippen molar-refractivity contribution < 1.29 is 4.39 Å². The molecular formula is C9H9FN2O. The van der Waals surface area contributed by atoms with Crippen LogP contribution in [0.2, 0.25) is 0 Å². The van der Waals surface area contributed by atoms with E-state index in [1.54, 1.807) is 12.1 Å².